The van der Waals surface area contributed by atoms with Crippen molar-refractivity contribution < 1.29 is 9.59 Å². The quantitative estimate of drug-likeness (QED) is 0.700. The van der Waals surface area contributed by atoms with E-state index in [1.165, 1.54) is 4.90 Å². The second-order valence-electron chi connectivity index (χ2n) is 6.63. The van der Waals surface area contributed by atoms with Crippen LogP contribution in [-0.4, -0.2) is 17.4 Å². The van der Waals surface area contributed by atoms with Crippen LogP contribution in [0.4, 0.5) is 5.69 Å². The number of amides is 2. The van der Waals surface area contributed by atoms with Crippen LogP contribution in [-0.2, 0) is 0 Å². The van der Waals surface area contributed by atoms with Crippen LogP contribution in [0.3, 0.4) is 0 Å². The van der Waals surface area contributed by atoms with Gasteiger partial charge in [0.15, 0.2) is 0 Å². The monoisotopic (exact) mass is 461 g/mol. The molecule has 0 bridgehead atoms. The summed E-state index contributed by atoms with van der Waals surface area (Å²) in [6, 6.07) is 12.8. The molecule has 2 aromatic rings. The summed E-state index contributed by atoms with van der Waals surface area (Å²) in [5, 5.41) is 9.66. The fourth-order valence-corrected chi connectivity index (χ4v) is 3.61. The van der Waals surface area contributed by atoms with Crippen LogP contribution < -0.4 is 10.6 Å². The van der Waals surface area contributed by atoms with Crippen molar-refractivity contribution >= 4 is 40.1 Å². The van der Waals surface area contributed by atoms with Crippen molar-refractivity contribution in [2.75, 3.05) is 4.90 Å². The normalized spacial score (nSPS) is 10.9. The number of rotatable bonds is 4. The fraction of sp³-hybridized carbons (Fsp3) is 0.250. The Morgan fingerprint density at radius 3 is 2.38 bits per heavy atom. The zero-order valence-corrected chi connectivity index (χ0v) is 17.3. The van der Waals surface area contributed by atoms with Crippen LogP contribution in [0.1, 0.15) is 45.7 Å². The SMILES string of the molecule is Cc1ccc(N(C(=O)c2cccc(I)c2C(N)=O)C(C)(C)C#N)c(C)c1. The topological polar surface area (TPSA) is 87.2 Å². The van der Waals surface area contributed by atoms with E-state index in [9.17, 15) is 14.9 Å². The van der Waals surface area contributed by atoms with E-state index in [-0.39, 0.29) is 11.1 Å². The van der Waals surface area contributed by atoms with Gasteiger partial charge in [-0.2, -0.15) is 5.26 Å². The average molecular weight is 461 g/mol. The van der Waals surface area contributed by atoms with Crippen molar-refractivity contribution in [3.05, 3.63) is 62.2 Å². The molecule has 134 valence electrons. The Kier molecular flexibility index (Phi) is 5.71. The van der Waals surface area contributed by atoms with Gasteiger partial charge in [0.05, 0.1) is 17.2 Å². The first-order valence-electron chi connectivity index (χ1n) is 8.01. The van der Waals surface area contributed by atoms with Gasteiger partial charge in [0, 0.05) is 9.26 Å². The Morgan fingerprint density at radius 2 is 1.85 bits per heavy atom. The average Bonchev–Trinajstić information content (AvgIpc) is 2.56. The first-order valence-corrected chi connectivity index (χ1v) is 9.09. The second kappa shape index (κ2) is 7.46. The molecule has 2 N–H and O–H groups in total. The predicted molar refractivity (Wildman–Crippen MR) is 110 cm³/mol. The first-order chi connectivity index (χ1) is 12.1. The van der Waals surface area contributed by atoms with Crippen molar-refractivity contribution in [2.45, 2.75) is 33.2 Å². The Hall–Kier alpha value is -2.40. The lowest BCUT2D eigenvalue weighted by Crippen LogP contribution is -2.48. The van der Waals surface area contributed by atoms with Crippen LogP contribution >= 0.6 is 22.6 Å². The van der Waals surface area contributed by atoms with Gasteiger partial charge >= 0.3 is 0 Å². The largest absolute Gasteiger partial charge is 0.366 e. The maximum atomic E-state index is 13.4. The molecule has 26 heavy (non-hydrogen) atoms. The number of carbonyl (C=O) groups is 2. The van der Waals surface area contributed by atoms with E-state index < -0.39 is 17.4 Å². The molecular weight excluding hydrogens is 441 g/mol. The van der Waals surface area contributed by atoms with E-state index in [4.69, 9.17) is 5.73 Å². The fourth-order valence-electron chi connectivity index (χ4n) is 2.84. The van der Waals surface area contributed by atoms with Crippen molar-refractivity contribution in [1.82, 2.24) is 0 Å². The molecule has 0 unspecified atom stereocenters. The highest BCUT2D eigenvalue weighted by Gasteiger charge is 2.35. The Bertz CT molecular complexity index is 929. The molecule has 0 aliphatic rings. The van der Waals surface area contributed by atoms with Gasteiger partial charge in [0.25, 0.3) is 11.8 Å². The molecule has 0 aliphatic heterocycles. The van der Waals surface area contributed by atoms with E-state index in [1.54, 1.807) is 32.0 Å². The number of carbonyl (C=O) groups excluding carboxylic acids is 2. The van der Waals surface area contributed by atoms with E-state index in [2.05, 4.69) is 6.07 Å². The summed E-state index contributed by atoms with van der Waals surface area (Å²) in [7, 11) is 0. The molecule has 0 spiro atoms. The van der Waals surface area contributed by atoms with Crippen molar-refractivity contribution in [3.8, 4) is 6.07 Å². The van der Waals surface area contributed by atoms with Gasteiger partial charge in [0.2, 0.25) is 0 Å². The number of hydrogen-bond acceptors (Lipinski definition) is 3. The Balaban J connectivity index is 2.73. The molecule has 0 saturated carbocycles. The highest BCUT2D eigenvalue weighted by Crippen LogP contribution is 2.31. The second-order valence-corrected chi connectivity index (χ2v) is 7.79. The summed E-state index contributed by atoms with van der Waals surface area (Å²) in [6.07, 6.45) is 0. The molecule has 0 heterocycles. The van der Waals surface area contributed by atoms with Gasteiger partial charge in [0.1, 0.15) is 5.54 Å². The van der Waals surface area contributed by atoms with Crippen molar-refractivity contribution in [2.24, 2.45) is 5.73 Å². The van der Waals surface area contributed by atoms with Crippen LogP contribution in [0.2, 0.25) is 0 Å². The summed E-state index contributed by atoms with van der Waals surface area (Å²) in [6.45, 7) is 7.19. The lowest BCUT2D eigenvalue weighted by atomic mass is 9.97. The number of anilines is 1. The maximum absolute atomic E-state index is 13.4. The molecular formula is C20H20IN3O2. The molecule has 6 heteroatoms. The maximum Gasteiger partial charge on any atom is 0.260 e. The van der Waals surface area contributed by atoms with Gasteiger partial charge < -0.3 is 5.73 Å². The molecule has 0 atom stereocenters. The van der Waals surface area contributed by atoms with E-state index in [1.807, 2.05) is 54.6 Å². The summed E-state index contributed by atoms with van der Waals surface area (Å²) in [4.78, 5) is 26.8. The van der Waals surface area contributed by atoms with Gasteiger partial charge in [-0.25, -0.2) is 0 Å². The number of nitrogens with zero attached hydrogens (tertiary/aromatic N) is 2. The Labute approximate surface area is 166 Å². The van der Waals surface area contributed by atoms with Crippen LogP contribution in [0, 0.1) is 28.7 Å². The number of aryl methyl sites for hydroxylation is 2. The minimum absolute atomic E-state index is 0.168. The van der Waals surface area contributed by atoms with E-state index in [0.29, 0.717) is 9.26 Å². The minimum atomic E-state index is -1.12. The van der Waals surface area contributed by atoms with Gasteiger partial charge in [-0.05, 0) is 74.0 Å². The predicted octanol–water partition coefficient (Wildman–Crippen LogP) is 3.96. The lowest BCUT2D eigenvalue weighted by Gasteiger charge is -2.35. The number of nitrogens with two attached hydrogens (primary N) is 1. The molecule has 0 saturated heterocycles. The number of nitriles is 1. The highest BCUT2D eigenvalue weighted by atomic mass is 127. The standard InChI is InChI=1S/C20H20IN3O2/c1-12-8-9-16(13(2)10-12)24(20(3,4)11-22)19(26)14-6-5-7-15(21)17(14)18(23)25/h5-10H,1-4H3,(H2,23,25). The van der Waals surface area contributed by atoms with Crippen molar-refractivity contribution in [3.63, 3.8) is 0 Å². The number of primary amides is 1. The third kappa shape index (κ3) is 3.73. The molecule has 0 aliphatic carbocycles. The third-order valence-electron chi connectivity index (χ3n) is 4.12. The first kappa shape index (κ1) is 19.9. The summed E-state index contributed by atoms with van der Waals surface area (Å²) < 4.78 is 0.594. The zero-order chi connectivity index (χ0) is 19.6. The van der Waals surface area contributed by atoms with Crippen LogP contribution in [0.25, 0.3) is 0 Å². The molecule has 2 aromatic carbocycles. The minimum Gasteiger partial charge on any atom is -0.366 e. The lowest BCUT2D eigenvalue weighted by molar-refractivity contribution is 0.0949. The number of hydrogen-bond donors (Lipinski definition) is 1. The molecule has 0 radical (unpaired) electrons. The number of halogens is 1. The smallest absolute Gasteiger partial charge is 0.260 e. The van der Waals surface area contributed by atoms with Gasteiger partial charge in [-0.15, -0.1) is 0 Å². The summed E-state index contributed by atoms with van der Waals surface area (Å²) >= 11 is 1.98. The third-order valence-corrected chi connectivity index (χ3v) is 5.02. The Morgan fingerprint density at radius 1 is 1.19 bits per heavy atom. The van der Waals surface area contributed by atoms with Gasteiger partial charge in [-0.1, -0.05) is 23.8 Å². The zero-order valence-electron chi connectivity index (χ0n) is 15.1. The van der Waals surface area contributed by atoms with Crippen LogP contribution in [0.15, 0.2) is 36.4 Å². The molecule has 0 aromatic heterocycles. The summed E-state index contributed by atoms with van der Waals surface area (Å²) in [5.74, 6) is -1.11. The van der Waals surface area contributed by atoms with E-state index >= 15 is 0 Å². The van der Waals surface area contributed by atoms with E-state index in [0.717, 1.165) is 11.1 Å². The number of benzene rings is 2. The summed E-state index contributed by atoms with van der Waals surface area (Å²) in [5.41, 5.74) is 7.29. The molecule has 2 amide bonds. The van der Waals surface area contributed by atoms with Crippen molar-refractivity contribution in [1.29, 1.82) is 5.26 Å². The van der Waals surface area contributed by atoms with Crippen LogP contribution in [0.5, 0.6) is 0 Å². The highest BCUT2D eigenvalue weighted by molar-refractivity contribution is 14.1. The molecule has 0 fully saturated rings. The van der Waals surface area contributed by atoms with Gasteiger partial charge in [-0.3, -0.25) is 14.5 Å². The molecule has 2 rings (SSSR count). The molecule has 5 nitrogen and oxygen atoms in total.